The number of hydrogen-bond donors (Lipinski definition) is 1. The molecule has 0 bridgehead atoms. The van der Waals surface area contributed by atoms with Gasteiger partial charge in [0.2, 0.25) is 0 Å². The summed E-state index contributed by atoms with van der Waals surface area (Å²) in [6.07, 6.45) is -5.13. The van der Waals surface area contributed by atoms with Gasteiger partial charge in [-0.25, -0.2) is 0 Å². The number of hydrogen-bond acceptors (Lipinski definition) is 7. The standard InChI is InChI=1S/C18H22F2O7/c1-10(21)24-9-13(22)12(16(23)27-17(2,3)4)7-11-5-6-14-15(8-11)26-18(19,20)25-14/h5-6,8,12-13,22H,7,9H2,1-4H3. The van der Waals surface area contributed by atoms with Crippen molar-refractivity contribution in [1.29, 1.82) is 0 Å². The number of carbonyl (C=O) groups excluding carboxylic acids is 2. The maximum absolute atomic E-state index is 13.1. The molecule has 150 valence electrons. The summed E-state index contributed by atoms with van der Waals surface area (Å²) in [6.45, 7) is 5.78. The molecule has 9 heteroatoms. The van der Waals surface area contributed by atoms with E-state index in [1.165, 1.54) is 25.1 Å². The van der Waals surface area contributed by atoms with Crippen molar-refractivity contribution in [3.05, 3.63) is 23.8 Å². The van der Waals surface area contributed by atoms with Gasteiger partial charge in [0.15, 0.2) is 11.5 Å². The average molecular weight is 388 g/mol. The van der Waals surface area contributed by atoms with E-state index in [2.05, 4.69) is 9.47 Å². The monoisotopic (exact) mass is 388 g/mol. The quantitative estimate of drug-likeness (QED) is 0.749. The predicted octanol–water partition coefficient (Wildman–Crippen LogP) is 2.43. The van der Waals surface area contributed by atoms with Gasteiger partial charge in [0.05, 0.1) is 5.92 Å². The fourth-order valence-electron chi connectivity index (χ4n) is 2.45. The third-order valence-corrected chi connectivity index (χ3v) is 3.55. The molecule has 1 N–H and O–H groups in total. The van der Waals surface area contributed by atoms with Crippen molar-refractivity contribution in [2.75, 3.05) is 6.61 Å². The zero-order chi connectivity index (χ0) is 20.4. The van der Waals surface area contributed by atoms with Crippen molar-refractivity contribution in [2.24, 2.45) is 5.92 Å². The second kappa shape index (κ2) is 7.67. The predicted molar refractivity (Wildman–Crippen MR) is 88.3 cm³/mol. The largest absolute Gasteiger partial charge is 0.586 e. The van der Waals surface area contributed by atoms with Crippen molar-refractivity contribution < 1.29 is 42.4 Å². The van der Waals surface area contributed by atoms with Crippen LogP contribution in [0.4, 0.5) is 8.78 Å². The van der Waals surface area contributed by atoms with Crippen LogP contribution in [0.25, 0.3) is 0 Å². The van der Waals surface area contributed by atoms with E-state index < -0.39 is 42.5 Å². The molecule has 2 rings (SSSR count). The van der Waals surface area contributed by atoms with Crippen LogP contribution in [-0.4, -0.2) is 41.7 Å². The lowest BCUT2D eigenvalue weighted by Gasteiger charge is -2.26. The third-order valence-electron chi connectivity index (χ3n) is 3.55. The molecule has 1 aliphatic heterocycles. The van der Waals surface area contributed by atoms with Gasteiger partial charge in [-0.05, 0) is 44.9 Å². The van der Waals surface area contributed by atoms with E-state index in [-0.39, 0.29) is 17.9 Å². The van der Waals surface area contributed by atoms with Crippen LogP contribution in [0.2, 0.25) is 0 Å². The molecule has 0 amide bonds. The van der Waals surface area contributed by atoms with Gasteiger partial charge in [0.1, 0.15) is 18.3 Å². The van der Waals surface area contributed by atoms with Crippen molar-refractivity contribution in [1.82, 2.24) is 0 Å². The zero-order valence-electron chi connectivity index (χ0n) is 15.5. The number of rotatable bonds is 6. The van der Waals surface area contributed by atoms with Gasteiger partial charge in [-0.1, -0.05) is 6.07 Å². The molecule has 27 heavy (non-hydrogen) atoms. The van der Waals surface area contributed by atoms with E-state index >= 15 is 0 Å². The molecule has 1 aromatic rings. The van der Waals surface area contributed by atoms with Gasteiger partial charge in [0, 0.05) is 6.92 Å². The van der Waals surface area contributed by atoms with Crippen molar-refractivity contribution >= 4 is 11.9 Å². The van der Waals surface area contributed by atoms with Gasteiger partial charge in [0.25, 0.3) is 0 Å². The number of alkyl halides is 2. The normalized spacial score (nSPS) is 17.1. The third kappa shape index (κ3) is 6.06. The Morgan fingerprint density at radius 1 is 1.22 bits per heavy atom. The fraction of sp³-hybridized carbons (Fsp3) is 0.556. The van der Waals surface area contributed by atoms with E-state index in [1.54, 1.807) is 20.8 Å². The molecule has 0 saturated heterocycles. The Morgan fingerprint density at radius 3 is 2.44 bits per heavy atom. The van der Waals surface area contributed by atoms with E-state index in [0.29, 0.717) is 5.56 Å². The lowest BCUT2D eigenvalue weighted by Crippen LogP contribution is -2.38. The first-order chi connectivity index (χ1) is 12.4. The summed E-state index contributed by atoms with van der Waals surface area (Å²) in [5.74, 6) is -2.69. The van der Waals surface area contributed by atoms with Crippen LogP contribution in [-0.2, 0) is 25.5 Å². The highest BCUT2D eigenvalue weighted by atomic mass is 19.3. The molecule has 0 saturated carbocycles. The summed E-state index contributed by atoms with van der Waals surface area (Å²) < 4.78 is 45.1. The van der Waals surface area contributed by atoms with Crippen LogP contribution in [0.3, 0.4) is 0 Å². The second-order valence-electron chi connectivity index (χ2n) is 7.16. The molecule has 1 aliphatic rings. The van der Waals surface area contributed by atoms with Gasteiger partial charge >= 0.3 is 18.2 Å². The molecule has 0 aromatic heterocycles. The molecule has 1 heterocycles. The number of carbonyl (C=O) groups is 2. The Balaban J connectivity index is 2.18. The van der Waals surface area contributed by atoms with E-state index in [0.717, 1.165) is 0 Å². The molecule has 2 unspecified atom stereocenters. The average Bonchev–Trinajstić information content (AvgIpc) is 2.81. The minimum absolute atomic E-state index is 0.0421. The Morgan fingerprint density at radius 2 is 1.85 bits per heavy atom. The Kier molecular flexibility index (Phi) is 5.94. The summed E-state index contributed by atoms with van der Waals surface area (Å²) in [7, 11) is 0. The summed E-state index contributed by atoms with van der Waals surface area (Å²) in [5.41, 5.74) is -0.360. The topological polar surface area (TPSA) is 91.3 Å². The number of esters is 2. The van der Waals surface area contributed by atoms with E-state index in [9.17, 15) is 23.5 Å². The second-order valence-corrected chi connectivity index (χ2v) is 7.16. The van der Waals surface area contributed by atoms with Crippen molar-refractivity contribution in [2.45, 2.75) is 52.1 Å². The molecule has 0 spiro atoms. The fourth-order valence-corrected chi connectivity index (χ4v) is 2.45. The Hall–Kier alpha value is -2.42. The summed E-state index contributed by atoms with van der Waals surface area (Å²) in [6, 6.07) is 4.06. The van der Waals surface area contributed by atoms with Crippen LogP contribution in [0.15, 0.2) is 18.2 Å². The van der Waals surface area contributed by atoms with Crippen LogP contribution < -0.4 is 9.47 Å². The number of benzene rings is 1. The highest BCUT2D eigenvalue weighted by Crippen LogP contribution is 2.41. The molecule has 7 nitrogen and oxygen atoms in total. The molecular weight excluding hydrogens is 366 g/mol. The summed E-state index contributed by atoms with van der Waals surface area (Å²) in [4.78, 5) is 23.5. The summed E-state index contributed by atoms with van der Waals surface area (Å²) >= 11 is 0. The van der Waals surface area contributed by atoms with Crippen molar-refractivity contribution in [3.8, 4) is 11.5 Å². The van der Waals surface area contributed by atoms with Gasteiger partial charge < -0.3 is 24.1 Å². The molecule has 1 aromatic carbocycles. The minimum atomic E-state index is -3.75. The maximum Gasteiger partial charge on any atom is 0.586 e. The molecule has 0 aliphatic carbocycles. The number of aliphatic hydroxyl groups excluding tert-OH is 1. The maximum atomic E-state index is 13.1. The van der Waals surface area contributed by atoms with Gasteiger partial charge in [-0.15, -0.1) is 8.78 Å². The Labute approximate surface area is 155 Å². The van der Waals surface area contributed by atoms with E-state index in [1.807, 2.05) is 0 Å². The minimum Gasteiger partial charge on any atom is -0.463 e. The van der Waals surface area contributed by atoms with Crippen molar-refractivity contribution in [3.63, 3.8) is 0 Å². The highest BCUT2D eigenvalue weighted by molar-refractivity contribution is 5.74. The Bertz CT molecular complexity index is 712. The van der Waals surface area contributed by atoms with Crippen LogP contribution >= 0.6 is 0 Å². The zero-order valence-corrected chi connectivity index (χ0v) is 15.5. The first-order valence-corrected chi connectivity index (χ1v) is 8.29. The SMILES string of the molecule is CC(=O)OCC(O)C(Cc1ccc2c(c1)OC(F)(F)O2)C(=O)OC(C)(C)C. The highest BCUT2D eigenvalue weighted by Gasteiger charge is 2.43. The first kappa shape index (κ1) is 20.9. The number of ether oxygens (including phenoxy) is 4. The molecule has 2 atom stereocenters. The first-order valence-electron chi connectivity index (χ1n) is 8.29. The summed E-state index contributed by atoms with van der Waals surface area (Å²) in [5, 5.41) is 10.3. The smallest absolute Gasteiger partial charge is 0.463 e. The van der Waals surface area contributed by atoms with Crippen LogP contribution in [0, 0.1) is 5.92 Å². The van der Waals surface area contributed by atoms with Gasteiger partial charge in [-0.3, -0.25) is 9.59 Å². The number of halogens is 2. The molecular formula is C18H22F2O7. The number of aliphatic hydroxyl groups is 1. The van der Waals surface area contributed by atoms with E-state index in [4.69, 9.17) is 9.47 Å². The van der Waals surface area contributed by atoms with Gasteiger partial charge in [-0.2, -0.15) is 0 Å². The molecule has 0 radical (unpaired) electrons. The molecule has 0 fully saturated rings. The lowest BCUT2D eigenvalue weighted by molar-refractivity contribution is -0.286. The van der Waals surface area contributed by atoms with Crippen LogP contribution in [0.5, 0.6) is 11.5 Å². The number of fused-ring (bicyclic) bond motifs is 1. The lowest BCUT2D eigenvalue weighted by atomic mass is 9.93. The van der Waals surface area contributed by atoms with Crippen LogP contribution in [0.1, 0.15) is 33.3 Å².